The van der Waals surface area contributed by atoms with Crippen molar-refractivity contribution >= 4 is 23.2 Å². The van der Waals surface area contributed by atoms with Crippen molar-refractivity contribution in [3.05, 3.63) is 16.3 Å². The summed E-state index contributed by atoms with van der Waals surface area (Å²) in [5.74, 6) is 0.486. The van der Waals surface area contributed by atoms with Gasteiger partial charge in [-0.3, -0.25) is 0 Å². The van der Waals surface area contributed by atoms with Crippen molar-refractivity contribution in [2.45, 2.75) is 6.92 Å². The minimum Gasteiger partial charge on any atom is -0.428 e. The highest BCUT2D eigenvalue weighted by atomic mass is 35.5. The van der Waals surface area contributed by atoms with Crippen molar-refractivity contribution in [2.24, 2.45) is 0 Å². The molecule has 0 N–H and O–H groups in total. The first-order valence-corrected chi connectivity index (χ1v) is 2.74. The molecule has 4 heteroatoms. The Bertz CT molecular complexity index is 176. The normalized spacial score (nSPS) is 9.88. The van der Waals surface area contributed by atoms with E-state index in [1.54, 1.807) is 6.92 Å². The quantitative estimate of drug-likeness (QED) is 0.569. The summed E-state index contributed by atoms with van der Waals surface area (Å²) in [7, 11) is 0. The molecule has 1 rings (SSSR count). The lowest BCUT2D eigenvalue weighted by atomic mass is 10.8. The smallest absolute Gasteiger partial charge is 0.233 e. The first kappa shape index (κ1) is 5.92. The summed E-state index contributed by atoms with van der Waals surface area (Å²) >= 11 is 10.8. The van der Waals surface area contributed by atoms with E-state index in [1.807, 2.05) is 0 Å². The van der Waals surface area contributed by atoms with E-state index in [1.165, 1.54) is 0 Å². The second kappa shape index (κ2) is 1.96. The van der Waals surface area contributed by atoms with Crippen LogP contribution in [0.25, 0.3) is 0 Å². The maximum atomic E-state index is 5.39. The lowest BCUT2D eigenvalue weighted by molar-refractivity contribution is 0.523. The average Bonchev–Trinajstić information content (AvgIpc) is 1.85. The van der Waals surface area contributed by atoms with Crippen LogP contribution in [-0.4, -0.2) is 4.98 Å². The van der Waals surface area contributed by atoms with Crippen LogP contribution in [0.4, 0.5) is 0 Å². The number of nitrogens with zero attached hydrogens (tertiary/aromatic N) is 1. The van der Waals surface area contributed by atoms with Gasteiger partial charge in [0.2, 0.25) is 5.22 Å². The Hall–Kier alpha value is -0.210. The predicted octanol–water partition coefficient (Wildman–Crippen LogP) is 2.29. The Labute approximate surface area is 56.4 Å². The highest BCUT2D eigenvalue weighted by Gasteiger charge is 2.02. The van der Waals surface area contributed by atoms with Gasteiger partial charge in [0.25, 0.3) is 0 Å². The van der Waals surface area contributed by atoms with Crippen LogP contribution in [0.1, 0.15) is 5.89 Å². The van der Waals surface area contributed by atoms with Crippen LogP contribution in [0.2, 0.25) is 10.4 Å². The van der Waals surface area contributed by atoms with Crippen molar-refractivity contribution in [1.29, 1.82) is 0 Å². The fraction of sp³-hybridized carbons (Fsp3) is 0.250. The van der Waals surface area contributed by atoms with Crippen molar-refractivity contribution in [3.8, 4) is 0 Å². The van der Waals surface area contributed by atoms with E-state index in [0.29, 0.717) is 5.89 Å². The number of halogens is 2. The van der Waals surface area contributed by atoms with Crippen LogP contribution in [0.5, 0.6) is 0 Å². The average molecular weight is 152 g/mol. The zero-order valence-electron chi connectivity index (χ0n) is 4.11. The molecule has 0 bridgehead atoms. The van der Waals surface area contributed by atoms with Gasteiger partial charge in [-0.25, -0.2) is 4.98 Å². The number of rotatable bonds is 0. The maximum absolute atomic E-state index is 5.39. The second-order valence-corrected chi connectivity index (χ2v) is 2.00. The molecule has 1 aromatic heterocycles. The van der Waals surface area contributed by atoms with Gasteiger partial charge < -0.3 is 4.42 Å². The van der Waals surface area contributed by atoms with Gasteiger partial charge in [-0.2, -0.15) is 0 Å². The predicted molar refractivity (Wildman–Crippen MR) is 31.3 cm³/mol. The molecule has 0 saturated heterocycles. The fourth-order valence-corrected chi connectivity index (χ4v) is 0.688. The Kier molecular flexibility index (Phi) is 1.45. The van der Waals surface area contributed by atoms with Crippen molar-refractivity contribution in [2.75, 3.05) is 0 Å². The zero-order chi connectivity index (χ0) is 6.15. The van der Waals surface area contributed by atoms with Crippen molar-refractivity contribution in [3.63, 3.8) is 0 Å². The van der Waals surface area contributed by atoms with E-state index < -0.39 is 0 Å². The van der Waals surface area contributed by atoms with Crippen molar-refractivity contribution in [1.82, 2.24) is 4.98 Å². The monoisotopic (exact) mass is 151 g/mol. The molecule has 0 unspecified atom stereocenters. The third kappa shape index (κ3) is 0.956. The van der Waals surface area contributed by atoms with Gasteiger partial charge in [-0.05, 0) is 11.6 Å². The summed E-state index contributed by atoms with van der Waals surface area (Å²) in [6.45, 7) is 1.68. The van der Waals surface area contributed by atoms with Crippen LogP contribution >= 0.6 is 23.2 Å². The molecule has 0 saturated carbocycles. The molecule has 0 spiro atoms. The molecule has 0 aliphatic heterocycles. The van der Waals surface area contributed by atoms with E-state index in [9.17, 15) is 0 Å². The Morgan fingerprint density at radius 1 is 1.50 bits per heavy atom. The molecular formula is C4H3Cl2NO. The van der Waals surface area contributed by atoms with Gasteiger partial charge in [0, 0.05) is 6.92 Å². The van der Waals surface area contributed by atoms with Crippen LogP contribution in [-0.2, 0) is 0 Å². The van der Waals surface area contributed by atoms with E-state index >= 15 is 0 Å². The third-order valence-corrected chi connectivity index (χ3v) is 1.26. The molecule has 44 valence electrons. The Morgan fingerprint density at radius 2 is 2.12 bits per heavy atom. The lowest BCUT2D eigenvalue weighted by Crippen LogP contribution is -1.63. The lowest BCUT2D eigenvalue weighted by Gasteiger charge is -1.72. The van der Waals surface area contributed by atoms with E-state index in [-0.39, 0.29) is 10.4 Å². The standard InChI is InChI=1S/C4H3Cl2NO/c1-2-7-3(5)4(6)8-2/h1H3. The number of oxazole rings is 1. The second-order valence-electron chi connectivity index (χ2n) is 1.30. The maximum Gasteiger partial charge on any atom is 0.233 e. The molecule has 2 nitrogen and oxygen atoms in total. The summed E-state index contributed by atoms with van der Waals surface area (Å²) in [5.41, 5.74) is 0. The van der Waals surface area contributed by atoms with Gasteiger partial charge >= 0.3 is 0 Å². The molecule has 0 atom stereocenters. The van der Waals surface area contributed by atoms with Crippen LogP contribution in [0.15, 0.2) is 4.42 Å². The molecule has 0 fully saturated rings. The highest BCUT2D eigenvalue weighted by molar-refractivity contribution is 6.40. The largest absolute Gasteiger partial charge is 0.428 e. The summed E-state index contributed by atoms with van der Waals surface area (Å²) in [4.78, 5) is 3.68. The number of aryl methyl sites for hydroxylation is 1. The topological polar surface area (TPSA) is 26.0 Å². The van der Waals surface area contributed by atoms with Gasteiger partial charge in [-0.1, -0.05) is 11.6 Å². The molecule has 8 heavy (non-hydrogen) atoms. The number of aromatic nitrogens is 1. The van der Waals surface area contributed by atoms with Crippen LogP contribution < -0.4 is 0 Å². The van der Waals surface area contributed by atoms with Gasteiger partial charge in [0.1, 0.15) is 0 Å². The minimum absolute atomic E-state index is 0.157. The summed E-state index contributed by atoms with van der Waals surface area (Å²) in [5, 5.41) is 0.383. The molecule has 1 heterocycles. The molecule has 0 amide bonds. The Morgan fingerprint density at radius 3 is 2.25 bits per heavy atom. The zero-order valence-corrected chi connectivity index (χ0v) is 5.62. The molecule has 0 aliphatic carbocycles. The molecule has 1 aromatic rings. The molecule has 0 aliphatic rings. The minimum atomic E-state index is 0.157. The molecule has 0 radical (unpaired) electrons. The van der Waals surface area contributed by atoms with Gasteiger partial charge in [0.15, 0.2) is 11.0 Å². The first-order valence-electron chi connectivity index (χ1n) is 1.98. The van der Waals surface area contributed by atoms with Crippen LogP contribution in [0, 0.1) is 6.92 Å². The van der Waals surface area contributed by atoms with Gasteiger partial charge in [0.05, 0.1) is 0 Å². The highest BCUT2D eigenvalue weighted by Crippen LogP contribution is 2.20. The fourth-order valence-electron chi connectivity index (χ4n) is 0.377. The summed E-state index contributed by atoms with van der Waals surface area (Å²) in [6, 6.07) is 0. The first-order chi connectivity index (χ1) is 3.70. The van der Waals surface area contributed by atoms with E-state index in [0.717, 1.165) is 0 Å². The third-order valence-electron chi connectivity index (χ3n) is 0.655. The molecule has 0 aromatic carbocycles. The van der Waals surface area contributed by atoms with Gasteiger partial charge in [-0.15, -0.1) is 0 Å². The SMILES string of the molecule is Cc1nc(Cl)c(Cl)o1. The molecular weight excluding hydrogens is 149 g/mol. The van der Waals surface area contributed by atoms with E-state index in [2.05, 4.69) is 4.98 Å². The number of hydrogen-bond donors (Lipinski definition) is 0. The summed E-state index contributed by atoms with van der Waals surface area (Å²) in [6.07, 6.45) is 0. The summed E-state index contributed by atoms with van der Waals surface area (Å²) < 4.78 is 4.74. The Balaban J connectivity index is 3.14. The van der Waals surface area contributed by atoms with Crippen LogP contribution in [0.3, 0.4) is 0 Å². The number of hydrogen-bond acceptors (Lipinski definition) is 2. The van der Waals surface area contributed by atoms with E-state index in [4.69, 9.17) is 27.6 Å². The van der Waals surface area contributed by atoms with Crippen molar-refractivity contribution < 1.29 is 4.42 Å².